The molecule has 0 fully saturated rings. The maximum Gasteiger partial charge on any atom is 0.432 e. The number of carbonyl (C=O) groups is 2. The van der Waals surface area contributed by atoms with Gasteiger partial charge in [0.1, 0.15) is 5.60 Å². The minimum absolute atomic E-state index is 0.00109. The smallest absolute Gasteiger partial charge is 0.432 e. The Kier molecular flexibility index (Phi) is 8.49. The van der Waals surface area contributed by atoms with Gasteiger partial charge in [-0.25, -0.2) is 23.0 Å². The maximum absolute atomic E-state index is 14.1. The van der Waals surface area contributed by atoms with Crippen LogP contribution in [-0.2, 0) is 32.8 Å². The number of hydrogen-bond acceptors (Lipinski definition) is 6. The lowest BCUT2D eigenvalue weighted by atomic mass is 9.87. The van der Waals surface area contributed by atoms with Gasteiger partial charge in [0.25, 0.3) is 15.9 Å². The number of nitrogens with zero attached hydrogens (tertiary/aromatic N) is 2. The van der Waals surface area contributed by atoms with Crippen molar-refractivity contribution in [1.82, 2.24) is 8.98 Å². The average Bonchev–Trinajstić information content (AvgIpc) is 3.28. The number of rotatable bonds is 5. The lowest BCUT2D eigenvalue weighted by molar-refractivity contribution is -0.137. The van der Waals surface area contributed by atoms with E-state index in [-0.39, 0.29) is 38.9 Å². The van der Waals surface area contributed by atoms with Gasteiger partial charge in [0, 0.05) is 23.1 Å². The number of amides is 2. The number of ether oxygens (including phenoxy) is 1. The molecule has 0 saturated heterocycles. The van der Waals surface area contributed by atoms with Gasteiger partial charge in [0.2, 0.25) is 0 Å². The van der Waals surface area contributed by atoms with E-state index < -0.39 is 39.4 Å². The molecule has 3 aromatic carbocycles. The Hall–Kier alpha value is -4.16. The molecule has 0 aliphatic carbocycles. The van der Waals surface area contributed by atoms with E-state index in [9.17, 15) is 31.2 Å². The van der Waals surface area contributed by atoms with Crippen molar-refractivity contribution in [2.24, 2.45) is 5.84 Å². The van der Waals surface area contributed by atoms with Crippen LogP contribution in [0.2, 0.25) is 0 Å². The topological polar surface area (TPSA) is 112 Å². The Labute approximate surface area is 254 Å². The minimum Gasteiger partial charge on any atom is -0.442 e. The second kappa shape index (κ2) is 11.4. The third-order valence-electron chi connectivity index (χ3n) is 6.79. The minimum atomic E-state index is -4.62. The van der Waals surface area contributed by atoms with E-state index in [0.29, 0.717) is 10.6 Å². The number of imide groups is 1. The van der Waals surface area contributed by atoms with Crippen molar-refractivity contribution in [3.05, 3.63) is 101 Å². The molecule has 234 valence electrons. The van der Waals surface area contributed by atoms with Crippen molar-refractivity contribution in [3.63, 3.8) is 0 Å². The van der Waals surface area contributed by atoms with Gasteiger partial charge >= 0.3 is 12.3 Å². The summed E-state index contributed by atoms with van der Waals surface area (Å²) >= 11 is 0. The third-order valence-corrected chi connectivity index (χ3v) is 8.55. The van der Waals surface area contributed by atoms with E-state index in [1.54, 1.807) is 45.0 Å². The molecule has 0 unspecified atom stereocenters. The lowest BCUT2D eigenvalue weighted by Crippen LogP contribution is -2.45. The molecular formula is C32H34F3N3O5S. The van der Waals surface area contributed by atoms with Crippen molar-refractivity contribution in [2.75, 3.05) is 0 Å². The van der Waals surface area contributed by atoms with Crippen LogP contribution in [0.3, 0.4) is 0 Å². The predicted molar refractivity (Wildman–Crippen MR) is 161 cm³/mol. The molecule has 4 rings (SSSR count). The van der Waals surface area contributed by atoms with Gasteiger partial charge in [-0.3, -0.25) is 4.79 Å². The monoisotopic (exact) mass is 629 g/mol. The first-order valence-electron chi connectivity index (χ1n) is 13.7. The second-order valence-electron chi connectivity index (χ2n) is 12.5. The molecule has 2 amide bonds. The van der Waals surface area contributed by atoms with E-state index in [1.807, 2.05) is 26.8 Å². The van der Waals surface area contributed by atoms with Crippen LogP contribution in [0.5, 0.6) is 0 Å². The highest BCUT2D eigenvalue weighted by molar-refractivity contribution is 7.90. The molecular weight excluding hydrogens is 595 g/mol. The molecule has 1 aromatic heterocycles. The summed E-state index contributed by atoms with van der Waals surface area (Å²) in [5, 5.41) is 0.461. The van der Waals surface area contributed by atoms with Crippen molar-refractivity contribution in [1.29, 1.82) is 0 Å². The summed E-state index contributed by atoms with van der Waals surface area (Å²) in [6.45, 7) is 10.7. The number of nitrogens with two attached hydrogens (primary N) is 1. The third kappa shape index (κ3) is 6.97. The van der Waals surface area contributed by atoms with Crippen LogP contribution in [0.15, 0.2) is 77.7 Å². The van der Waals surface area contributed by atoms with E-state index in [1.165, 1.54) is 24.3 Å². The van der Waals surface area contributed by atoms with Crippen LogP contribution in [-0.4, -0.2) is 35.0 Å². The highest BCUT2D eigenvalue weighted by Crippen LogP contribution is 2.35. The molecule has 12 heteroatoms. The van der Waals surface area contributed by atoms with Gasteiger partial charge in [-0.15, -0.1) is 0 Å². The Balaban J connectivity index is 1.76. The van der Waals surface area contributed by atoms with Gasteiger partial charge in [0.15, 0.2) is 0 Å². The number of halogens is 3. The number of alkyl halides is 3. The molecule has 2 N–H and O–H groups in total. The molecule has 0 aliphatic rings. The first-order chi connectivity index (χ1) is 20.2. The van der Waals surface area contributed by atoms with E-state index in [0.717, 1.165) is 27.7 Å². The summed E-state index contributed by atoms with van der Waals surface area (Å²) in [7, 11) is -4.25. The van der Waals surface area contributed by atoms with Gasteiger partial charge in [-0.2, -0.15) is 18.2 Å². The van der Waals surface area contributed by atoms with Crippen LogP contribution in [0.4, 0.5) is 18.0 Å². The van der Waals surface area contributed by atoms with Gasteiger partial charge < -0.3 is 4.74 Å². The number of benzene rings is 3. The molecule has 1 heterocycles. The van der Waals surface area contributed by atoms with Crippen LogP contribution in [0, 0.1) is 0 Å². The number of aromatic nitrogens is 1. The molecule has 0 radical (unpaired) electrons. The van der Waals surface area contributed by atoms with Gasteiger partial charge in [0.05, 0.1) is 16.0 Å². The molecule has 0 spiro atoms. The molecule has 4 aromatic rings. The molecule has 0 bridgehead atoms. The van der Waals surface area contributed by atoms with Crippen LogP contribution in [0.1, 0.15) is 74.3 Å². The normalized spacial score (nSPS) is 12.8. The SMILES string of the molecule is CC(C)(C)OC(=O)N(N)C(=O)c1ccc(Cc2cc3cc(C(F)(F)F)ccc3n2S(=O)(=O)c2cccc(C(C)(C)C)c2)cc1. The van der Waals surface area contributed by atoms with Crippen molar-refractivity contribution in [3.8, 4) is 0 Å². The highest BCUT2D eigenvalue weighted by atomic mass is 32.2. The second-order valence-corrected chi connectivity index (χ2v) is 14.3. The Bertz CT molecular complexity index is 1830. The Morgan fingerprint density at radius 3 is 2.07 bits per heavy atom. The number of hydrogen-bond donors (Lipinski definition) is 1. The first kappa shape index (κ1) is 32.7. The molecule has 44 heavy (non-hydrogen) atoms. The average molecular weight is 630 g/mol. The highest BCUT2D eigenvalue weighted by Gasteiger charge is 2.32. The zero-order chi connectivity index (χ0) is 32.8. The largest absolute Gasteiger partial charge is 0.442 e. The molecule has 8 nitrogen and oxygen atoms in total. The zero-order valence-electron chi connectivity index (χ0n) is 25.2. The molecule has 0 aliphatic heterocycles. The van der Waals surface area contributed by atoms with Gasteiger partial charge in [-0.05, 0) is 85.8 Å². The summed E-state index contributed by atoms with van der Waals surface area (Å²) in [4.78, 5) is 24.9. The Morgan fingerprint density at radius 1 is 0.864 bits per heavy atom. The van der Waals surface area contributed by atoms with Gasteiger partial charge in [-0.1, -0.05) is 45.0 Å². The summed E-state index contributed by atoms with van der Waals surface area (Å²) in [6, 6.07) is 16.7. The molecule has 0 atom stereocenters. The summed E-state index contributed by atoms with van der Waals surface area (Å²) < 4.78 is 74.9. The number of hydrazine groups is 1. The number of fused-ring (bicyclic) bond motifs is 1. The fraction of sp³-hybridized carbons (Fsp3) is 0.312. The summed E-state index contributed by atoms with van der Waals surface area (Å²) in [6.07, 6.45) is -5.65. The van der Waals surface area contributed by atoms with Crippen LogP contribution >= 0.6 is 0 Å². The van der Waals surface area contributed by atoms with Crippen LogP contribution < -0.4 is 5.84 Å². The molecule has 0 saturated carbocycles. The summed E-state index contributed by atoms with van der Waals surface area (Å²) in [5.41, 5.74) is -0.407. The van der Waals surface area contributed by atoms with Crippen molar-refractivity contribution >= 4 is 32.9 Å². The van der Waals surface area contributed by atoms with E-state index >= 15 is 0 Å². The first-order valence-corrected chi connectivity index (χ1v) is 15.1. The van der Waals surface area contributed by atoms with E-state index in [4.69, 9.17) is 10.6 Å². The van der Waals surface area contributed by atoms with Crippen molar-refractivity contribution < 1.29 is 35.9 Å². The summed E-state index contributed by atoms with van der Waals surface area (Å²) in [5.74, 6) is 4.85. The quantitative estimate of drug-likeness (QED) is 0.144. The fourth-order valence-corrected chi connectivity index (χ4v) is 6.16. The van der Waals surface area contributed by atoms with Crippen molar-refractivity contribution in [2.45, 2.75) is 70.1 Å². The van der Waals surface area contributed by atoms with Crippen LogP contribution in [0.25, 0.3) is 10.9 Å². The fourth-order valence-electron chi connectivity index (χ4n) is 4.57. The van der Waals surface area contributed by atoms with E-state index in [2.05, 4.69) is 0 Å². The zero-order valence-corrected chi connectivity index (χ0v) is 26.0. The standard InChI is InChI=1S/C32H34F3N3O5S/c1-30(2,3)23-8-7-9-26(19-23)44(41,42)38-25(18-22-17-24(32(33,34)35)14-15-27(22)38)16-20-10-12-21(13-11-20)28(39)37(36)29(40)43-31(4,5)6/h7-15,17-19H,16,36H2,1-6H3. The predicted octanol–water partition coefficient (Wildman–Crippen LogP) is 7.04. The lowest BCUT2D eigenvalue weighted by Gasteiger charge is -2.23. The maximum atomic E-state index is 14.1. The Morgan fingerprint density at radius 2 is 1.50 bits per heavy atom. The number of carbonyl (C=O) groups excluding carboxylic acids is 2.